The topological polar surface area (TPSA) is 121 Å². The number of rotatable bonds is 11. The fraction of sp³-hybridized carbons (Fsp3) is 1.00. The highest BCUT2D eigenvalue weighted by Gasteiger charge is 2.38. The highest BCUT2D eigenvalue weighted by molar-refractivity contribution is 4.90. The van der Waals surface area contributed by atoms with Crippen LogP contribution in [0.3, 0.4) is 0 Å². The third-order valence-corrected chi connectivity index (χ3v) is 3.11. The molecule has 0 saturated carbocycles. The van der Waals surface area contributed by atoms with Gasteiger partial charge in [-0.1, -0.05) is 0 Å². The molecule has 0 aliphatic carbocycles. The van der Waals surface area contributed by atoms with Crippen LogP contribution in [0.25, 0.3) is 0 Å². The number of unbranched alkanes of at least 4 members (excludes halogenated alkanes) is 2. The molecule has 0 spiro atoms. The van der Waals surface area contributed by atoms with Crippen LogP contribution >= 0.6 is 0 Å². The fourth-order valence-corrected chi connectivity index (χ4v) is 1.84. The molecular weight excluding hydrogens is 240 g/mol. The summed E-state index contributed by atoms with van der Waals surface area (Å²) in [5.41, 5.74) is -1.74. The molecule has 0 saturated heterocycles. The molecule has 0 aliphatic heterocycles. The first-order valence-electron chi connectivity index (χ1n) is 6.43. The van der Waals surface area contributed by atoms with Gasteiger partial charge >= 0.3 is 0 Å². The molecular formula is C12H26O6. The maximum atomic E-state index is 10.1. The SMILES string of the molecule is OCCCC[C@H](O)[C@@H](O)[C@](O)(CO)CCCCO. The van der Waals surface area contributed by atoms with Gasteiger partial charge in [0.1, 0.15) is 11.7 Å². The van der Waals surface area contributed by atoms with Crippen molar-refractivity contribution in [2.75, 3.05) is 19.8 Å². The van der Waals surface area contributed by atoms with E-state index in [-0.39, 0.29) is 26.1 Å². The summed E-state index contributed by atoms with van der Waals surface area (Å²) in [5.74, 6) is 0. The van der Waals surface area contributed by atoms with E-state index in [9.17, 15) is 15.3 Å². The number of aliphatic hydroxyl groups excluding tert-OH is 5. The van der Waals surface area contributed by atoms with Crippen molar-refractivity contribution in [2.24, 2.45) is 0 Å². The molecule has 0 unspecified atom stereocenters. The van der Waals surface area contributed by atoms with Crippen LogP contribution in [0, 0.1) is 0 Å². The monoisotopic (exact) mass is 266 g/mol. The quantitative estimate of drug-likeness (QED) is 0.260. The fourth-order valence-electron chi connectivity index (χ4n) is 1.84. The molecule has 0 rings (SSSR count). The Balaban J connectivity index is 4.23. The Kier molecular flexibility index (Phi) is 9.53. The molecule has 6 heteroatoms. The van der Waals surface area contributed by atoms with Gasteiger partial charge in [-0.25, -0.2) is 0 Å². The van der Waals surface area contributed by atoms with Crippen molar-refractivity contribution in [3.8, 4) is 0 Å². The zero-order valence-corrected chi connectivity index (χ0v) is 10.7. The molecule has 0 amide bonds. The first kappa shape index (κ1) is 17.8. The van der Waals surface area contributed by atoms with Gasteiger partial charge in [-0.3, -0.25) is 0 Å². The summed E-state index contributed by atoms with van der Waals surface area (Å²) in [4.78, 5) is 0. The summed E-state index contributed by atoms with van der Waals surface area (Å²) in [6.07, 6.45) is -0.225. The van der Waals surface area contributed by atoms with Gasteiger partial charge in [0.05, 0.1) is 12.7 Å². The molecule has 0 radical (unpaired) electrons. The number of hydrogen-bond donors (Lipinski definition) is 6. The van der Waals surface area contributed by atoms with Gasteiger partial charge in [-0.2, -0.15) is 0 Å². The third-order valence-electron chi connectivity index (χ3n) is 3.11. The molecule has 0 heterocycles. The summed E-state index contributed by atoms with van der Waals surface area (Å²) in [6.45, 7) is -0.642. The molecule has 6 nitrogen and oxygen atoms in total. The average Bonchev–Trinajstić information content (AvgIpc) is 2.38. The molecule has 6 N–H and O–H groups in total. The van der Waals surface area contributed by atoms with Crippen molar-refractivity contribution >= 4 is 0 Å². The summed E-state index contributed by atoms with van der Waals surface area (Å²) in [5, 5.41) is 56.0. The smallest absolute Gasteiger partial charge is 0.116 e. The Morgan fingerprint density at radius 2 is 1.39 bits per heavy atom. The molecule has 0 aliphatic rings. The van der Waals surface area contributed by atoms with Gasteiger partial charge < -0.3 is 30.6 Å². The van der Waals surface area contributed by atoms with Crippen molar-refractivity contribution in [3.63, 3.8) is 0 Å². The third kappa shape index (κ3) is 6.08. The maximum absolute atomic E-state index is 10.1. The lowest BCUT2D eigenvalue weighted by molar-refractivity contribution is -0.151. The predicted molar refractivity (Wildman–Crippen MR) is 65.9 cm³/mol. The molecule has 0 fully saturated rings. The second kappa shape index (κ2) is 9.66. The average molecular weight is 266 g/mol. The largest absolute Gasteiger partial charge is 0.396 e. The van der Waals surface area contributed by atoms with E-state index in [0.717, 1.165) is 0 Å². The van der Waals surface area contributed by atoms with E-state index in [2.05, 4.69) is 0 Å². The Bertz CT molecular complexity index is 201. The van der Waals surface area contributed by atoms with Crippen LogP contribution in [0.5, 0.6) is 0 Å². The van der Waals surface area contributed by atoms with Crippen LogP contribution in [-0.2, 0) is 0 Å². The normalized spacial score (nSPS) is 18.3. The van der Waals surface area contributed by atoms with Gasteiger partial charge in [-0.15, -0.1) is 0 Å². The van der Waals surface area contributed by atoms with Crippen molar-refractivity contribution in [1.82, 2.24) is 0 Å². The Morgan fingerprint density at radius 1 is 0.833 bits per heavy atom. The zero-order valence-electron chi connectivity index (χ0n) is 10.7. The van der Waals surface area contributed by atoms with E-state index in [4.69, 9.17) is 15.3 Å². The van der Waals surface area contributed by atoms with Crippen molar-refractivity contribution in [2.45, 2.75) is 56.3 Å². The molecule has 18 heavy (non-hydrogen) atoms. The van der Waals surface area contributed by atoms with Crippen LogP contribution in [0.15, 0.2) is 0 Å². The van der Waals surface area contributed by atoms with Crippen molar-refractivity contribution < 1.29 is 30.6 Å². The number of aliphatic hydroxyl groups is 6. The minimum Gasteiger partial charge on any atom is -0.396 e. The minimum atomic E-state index is -1.74. The van der Waals surface area contributed by atoms with E-state index in [1.807, 2.05) is 0 Å². The zero-order chi connectivity index (χ0) is 14.0. The standard InChI is InChI=1S/C12H26O6/c13-7-3-1-5-10(16)11(17)12(18,9-15)6-2-4-8-14/h10-11,13-18H,1-9H2/t10-,11+,12+/m0/s1. The lowest BCUT2D eigenvalue weighted by Crippen LogP contribution is -2.51. The molecule has 110 valence electrons. The van der Waals surface area contributed by atoms with Gasteiger partial charge in [0.25, 0.3) is 0 Å². The van der Waals surface area contributed by atoms with E-state index in [1.165, 1.54) is 0 Å². The second-order valence-electron chi connectivity index (χ2n) is 4.67. The maximum Gasteiger partial charge on any atom is 0.116 e. The van der Waals surface area contributed by atoms with Crippen molar-refractivity contribution in [3.05, 3.63) is 0 Å². The minimum absolute atomic E-state index is 0.0172. The van der Waals surface area contributed by atoms with Crippen molar-refractivity contribution in [1.29, 1.82) is 0 Å². The second-order valence-corrected chi connectivity index (χ2v) is 4.67. The van der Waals surface area contributed by atoms with Crippen LogP contribution in [0.4, 0.5) is 0 Å². The molecule has 3 atom stereocenters. The molecule has 0 bridgehead atoms. The summed E-state index contributed by atoms with van der Waals surface area (Å²) in [7, 11) is 0. The lowest BCUT2D eigenvalue weighted by Gasteiger charge is -2.34. The first-order chi connectivity index (χ1) is 8.51. The highest BCUT2D eigenvalue weighted by Crippen LogP contribution is 2.23. The summed E-state index contributed by atoms with van der Waals surface area (Å²) >= 11 is 0. The van der Waals surface area contributed by atoms with Crippen LogP contribution in [-0.4, -0.2) is 68.3 Å². The van der Waals surface area contributed by atoms with Gasteiger partial charge in [0.15, 0.2) is 0 Å². The van der Waals surface area contributed by atoms with E-state index in [1.54, 1.807) is 0 Å². The molecule has 0 aromatic rings. The molecule has 0 aromatic heterocycles. The van der Waals surface area contributed by atoms with E-state index in [0.29, 0.717) is 25.7 Å². The summed E-state index contributed by atoms with van der Waals surface area (Å²) in [6, 6.07) is 0. The first-order valence-corrected chi connectivity index (χ1v) is 6.43. The molecule has 0 aromatic carbocycles. The van der Waals surface area contributed by atoms with Gasteiger partial charge in [0.2, 0.25) is 0 Å². The number of hydrogen-bond acceptors (Lipinski definition) is 6. The van der Waals surface area contributed by atoms with E-state index >= 15 is 0 Å². The van der Waals surface area contributed by atoms with Gasteiger partial charge in [-0.05, 0) is 38.5 Å². The Hall–Kier alpha value is -0.240. The van der Waals surface area contributed by atoms with E-state index < -0.39 is 24.4 Å². The van der Waals surface area contributed by atoms with Crippen LogP contribution in [0.2, 0.25) is 0 Å². The Labute approximate surface area is 108 Å². The lowest BCUT2D eigenvalue weighted by atomic mass is 9.86. The Morgan fingerprint density at radius 3 is 1.89 bits per heavy atom. The summed E-state index contributed by atoms with van der Waals surface area (Å²) < 4.78 is 0. The van der Waals surface area contributed by atoms with Gasteiger partial charge in [0, 0.05) is 13.2 Å². The van der Waals surface area contributed by atoms with Crippen LogP contribution < -0.4 is 0 Å². The van der Waals surface area contributed by atoms with Crippen LogP contribution in [0.1, 0.15) is 38.5 Å². The predicted octanol–water partition coefficient (Wildman–Crippen LogP) is -1.24. The highest BCUT2D eigenvalue weighted by atomic mass is 16.4.